The second kappa shape index (κ2) is 9.31. The zero-order chi connectivity index (χ0) is 23.6. The Labute approximate surface area is 200 Å². The lowest BCUT2D eigenvalue weighted by Gasteiger charge is -2.32. The number of carbonyl (C=O) groups excluding carboxylic acids is 1. The van der Waals surface area contributed by atoms with E-state index in [1.54, 1.807) is 17.0 Å². The number of phenols is 1. The third kappa shape index (κ3) is 5.22. The van der Waals surface area contributed by atoms with Gasteiger partial charge in [-0.2, -0.15) is 0 Å². The molecule has 1 aliphatic heterocycles. The molecule has 0 aromatic heterocycles. The van der Waals surface area contributed by atoms with Crippen LogP contribution >= 0.6 is 15.9 Å². The summed E-state index contributed by atoms with van der Waals surface area (Å²) in [5, 5.41) is 19.1. The molecule has 7 nitrogen and oxygen atoms in total. The number of rotatable bonds is 7. The molecule has 1 heterocycles. The molecule has 2 N–H and O–H groups in total. The van der Waals surface area contributed by atoms with Crippen molar-refractivity contribution in [2.24, 2.45) is 0 Å². The van der Waals surface area contributed by atoms with Crippen LogP contribution in [0.15, 0.2) is 72.5 Å². The van der Waals surface area contributed by atoms with Crippen molar-refractivity contribution in [3.05, 3.63) is 83.6 Å². The van der Waals surface area contributed by atoms with E-state index in [-0.39, 0.29) is 36.2 Å². The number of allylic oxidation sites excluding steroid dienone is 2. The summed E-state index contributed by atoms with van der Waals surface area (Å²) in [5.41, 5.74) is 1.49. The number of carbonyl (C=O) groups is 2. The van der Waals surface area contributed by atoms with Gasteiger partial charge in [0.15, 0.2) is 11.5 Å². The number of nitrogens with zero attached hydrogens (tertiary/aromatic N) is 1. The summed E-state index contributed by atoms with van der Waals surface area (Å²) in [6.45, 7) is 2.39. The molecule has 0 spiro atoms. The minimum Gasteiger partial charge on any atom is -0.504 e. The third-order valence-electron chi connectivity index (χ3n) is 5.75. The number of hydrogen-bond acceptors (Lipinski definition) is 5. The number of aromatic hydroxyl groups is 1. The van der Waals surface area contributed by atoms with E-state index < -0.39 is 10.3 Å². The first-order valence-electron chi connectivity index (χ1n) is 10.6. The van der Waals surface area contributed by atoms with Gasteiger partial charge >= 0.3 is 12.1 Å². The standard InChI is InChI=1S/C25H24BrNO6/c1-16-23(18-5-3-2-4-6-18)33-24(31)27(16)15-25(26)11-9-19(10-12-25)32-21-13-17(14-22(29)30)7-8-20(21)28/h2-11,13,16,23,28H,12,14-15H2,1H3,(H,29,30)/t16-,23-,25?/m1/s1. The molecule has 0 bridgehead atoms. The van der Waals surface area contributed by atoms with Gasteiger partial charge in [-0.05, 0) is 48.8 Å². The van der Waals surface area contributed by atoms with Gasteiger partial charge in [-0.15, -0.1) is 0 Å². The van der Waals surface area contributed by atoms with Gasteiger partial charge in [-0.3, -0.25) is 9.69 Å². The highest BCUT2D eigenvalue weighted by Crippen LogP contribution is 2.38. The van der Waals surface area contributed by atoms with Crippen LogP contribution in [0.25, 0.3) is 0 Å². The van der Waals surface area contributed by atoms with Crippen LogP contribution in [0.2, 0.25) is 0 Å². The summed E-state index contributed by atoms with van der Waals surface area (Å²) in [4.78, 5) is 25.3. The lowest BCUT2D eigenvalue weighted by atomic mass is 9.97. The molecular formula is C25H24BrNO6. The fraction of sp³-hybridized carbons (Fsp3) is 0.280. The topological polar surface area (TPSA) is 96.3 Å². The van der Waals surface area contributed by atoms with E-state index in [2.05, 4.69) is 15.9 Å². The zero-order valence-corrected chi connectivity index (χ0v) is 19.6. The van der Waals surface area contributed by atoms with Crippen LogP contribution in [0.3, 0.4) is 0 Å². The Morgan fingerprint density at radius 3 is 2.70 bits per heavy atom. The average molecular weight is 514 g/mol. The molecule has 1 saturated heterocycles. The molecule has 1 unspecified atom stereocenters. The van der Waals surface area contributed by atoms with Crippen LogP contribution in [0.4, 0.5) is 4.79 Å². The van der Waals surface area contributed by atoms with Crippen LogP contribution in [-0.2, 0) is 16.0 Å². The molecule has 2 aliphatic rings. The normalized spacial score (nSPS) is 24.4. The summed E-state index contributed by atoms with van der Waals surface area (Å²) < 4.78 is 10.9. The molecule has 1 fully saturated rings. The van der Waals surface area contributed by atoms with Crippen LogP contribution in [0.5, 0.6) is 11.5 Å². The molecule has 0 saturated carbocycles. The van der Waals surface area contributed by atoms with Crippen molar-refractivity contribution < 1.29 is 29.3 Å². The molecule has 172 valence electrons. The first-order valence-corrected chi connectivity index (χ1v) is 11.4. The fourth-order valence-electron chi connectivity index (χ4n) is 3.97. The third-order valence-corrected chi connectivity index (χ3v) is 6.59. The maximum absolute atomic E-state index is 12.6. The van der Waals surface area contributed by atoms with Crippen molar-refractivity contribution in [1.29, 1.82) is 0 Å². The number of aliphatic carboxylic acids is 1. The van der Waals surface area contributed by atoms with Gasteiger partial charge in [0.25, 0.3) is 0 Å². The molecular weight excluding hydrogens is 490 g/mol. The lowest BCUT2D eigenvalue weighted by molar-refractivity contribution is -0.136. The van der Waals surface area contributed by atoms with Crippen molar-refractivity contribution in [2.45, 2.75) is 36.2 Å². The number of amides is 1. The second-order valence-electron chi connectivity index (χ2n) is 8.24. The minimum atomic E-state index is -0.961. The Kier molecular flexibility index (Phi) is 6.47. The molecule has 1 amide bonds. The van der Waals surface area contributed by atoms with Crippen molar-refractivity contribution in [1.82, 2.24) is 4.90 Å². The average Bonchev–Trinajstić information content (AvgIpc) is 3.06. The van der Waals surface area contributed by atoms with Crippen LogP contribution in [-0.4, -0.2) is 44.1 Å². The maximum atomic E-state index is 12.6. The Morgan fingerprint density at radius 1 is 1.27 bits per heavy atom. The smallest absolute Gasteiger partial charge is 0.410 e. The monoisotopic (exact) mass is 513 g/mol. The fourth-order valence-corrected chi connectivity index (χ4v) is 4.53. The number of ether oxygens (including phenoxy) is 2. The molecule has 2 aromatic carbocycles. The minimum absolute atomic E-state index is 0.0743. The van der Waals surface area contributed by atoms with Gasteiger partial charge in [-0.25, -0.2) is 4.79 Å². The molecule has 4 rings (SSSR count). The summed E-state index contributed by atoms with van der Waals surface area (Å²) in [6, 6.07) is 14.0. The zero-order valence-electron chi connectivity index (χ0n) is 18.0. The number of alkyl halides is 1. The van der Waals surface area contributed by atoms with Gasteiger partial charge < -0.3 is 19.7 Å². The molecule has 8 heteroatoms. The van der Waals surface area contributed by atoms with Gasteiger partial charge in [-0.1, -0.05) is 58.4 Å². The van der Waals surface area contributed by atoms with E-state index in [4.69, 9.17) is 14.6 Å². The predicted octanol–water partition coefficient (Wildman–Crippen LogP) is 4.96. The maximum Gasteiger partial charge on any atom is 0.410 e. The Balaban J connectivity index is 1.42. The summed E-state index contributed by atoms with van der Waals surface area (Å²) >= 11 is 3.75. The van der Waals surface area contributed by atoms with Crippen LogP contribution in [0.1, 0.15) is 30.6 Å². The second-order valence-corrected chi connectivity index (χ2v) is 9.82. The van der Waals surface area contributed by atoms with Crippen molar-refractivity contribution in [3.63, 3.8) is 0 Å². The van der Waals surface area contributed by atoms with Gasteiger partial charge in [0.1, 0.15) is 11.9 Å². The number of carboxylic acids is 1. The molecule has 1 aliphatic carbocycles. The Bertz CT molecular complexity index is 1120. The number of cyclic esters (lactones) is 1. The van der Waals surface area contributed by atoms with Crippen molar-refractivity contribution in [2.75, 3.05) is 6.54 Å². The van der Waals surface area contributed by atoms with Crippen LogP contribution in [0, 0.1) is 0 Å². The van der Waals surface area contributed by atoms with E-state index in [0.29, 0.717) is 24.3 Å². The largest absolute Gasteiger partial charge is 0.504 e. The summed E-state index contributed by atoms with van der Waals surface area (Å²) in [6.07, 6.45) is 5.25. The molecule has 3 atom stereocenters. The number of carboxylic acid groups (broad SMARTS) is 1. The molecule has 33 heavy (non-hydrogen) atoms. The lowest BCUT2D eigenvalue weighted by Crippen LogP contribution is -2.42. The van der Waals surface area contributed by atoms with Crippen molar-refractivity contribution in [3.8, 4) is 11.5 Å². The number of benzene rings is 2. The quantitative estimate of drug-likeness (QED) is 0.508. The van der Waals surface area contributed by atoms with E-state index in [1.807, 2.05) is 49.4 Å². The highest BCUT2D eigenvalue weighted by atomic mass is 79.9. The van der Waals surface area contributed by atoms with Gasteiger partial charge in [0, 0.05) is 6.54 Å². The van der Waals surface area contributed by atoms with Crippen LogP contribution < -0.4 is 4.74 Å². The summed E-state index contributed by atoms with van der Waals surface area (Å²) in [7, 11) is 0. The number of phenolic OH excluding ortho intramolecular Hbond substituents is 1. The van der Waals surface area contributed by atoms with Crippen molar-refractivity contribution >= 4 is 28.0 Å². The Hall–Kier alpha value is -3.26. The van der Waals surface area contributed by atoms with E-state index in [1.165, 1.54) is 12.1 Å². The van der Waals surface area contributed by atoms with E-state index in [9.17, 15) is 14.7 Å². The Morgan fingerprint density at radius 2 is 2.03 bits per heavy atom. The van der Waals surface area contributed by atoms with Gasteiger partial charge in [0.2, 0.25) is 0 Å². The number of halogens is 1. The summed E-state index contributed by atoms with van der Waals surface area (Å²) in [5.74, 6) is -0.326. The first kappa shape index (κ1) is 22.9. The SMILES string of the molecule is C[C@@H]1[C@H](c2ccccc2)OC(=O)N1CC1(Br)C=CC(Oc2cc(CC(=O)O)ccc2O)=CC1. The molecule has 0 radical (unpaired) electrons. The highest BCUT2D eigenvalue weighted by molar-refractivity contribution is 9.10. The highest BCUT2D eigenvalue weighted by Gasteiger charge is 2.43. The van der Waals surface area contributed by atoms with E-state index >= 15 is 0 Å². The van der Waals surface area contributed by atoms with Gasteiger partial charge in [0.05, 0.1) is 16.8 Å². The van der Waals surface area contributed by atoms with E-state index in [0.717, 1.165) is 5.56 Å². The predicted molar refractivity (Wildman–Crippen MR) is 125 cm³/mol. The molecule has 2 aromatic rings. The first-order chi connectivity index (χ1) is 15.7. The number of hydrogen-bond donors (Lipinski definition) is 2.